The van der Waals surface area contributed by atoms with Crippen LogP contribution < -0.4 is 9.62 Å². The predicted molar refractivity (Wildman–Crippen MR) is 162 cm³/mol. The van der Waals surface area contributed by atoms with Crippen LogP contribution in [0.1, 0.15) is 42.5 Å². The number of rotatable bonds is 12. The van der Waals surface area contributed by atoms with E-state index in [0.717, 1.165) is 39.2 Å². The van der Waals surface area contributed by atoms with E-state index in [1.165, 1.54) is 11.0 Å². The highest BCUT2D eigenvalue weighted by molar-refractivity contribution is 7.92. The van der Waals surface area contributed by atoms with Crippen LogP contribution in [0.3, 0.4) is 0 Å². The molecule has 3 aromatic rings. The number of benzene rings is 3. The van der Waals surface area contributed by atoms with Gasteiger partial charge < -0.3 is 10.2 Å². The molecule has 0 saturated carbocycles. The molecule has 214 valence electrons. The summed E-state index contributed by atoms with van der Waals surface area (Å²) in [5.74, 6) is -0.786. The van der Waals surface area contributed by atoms with Gasteiger partial charge in [-0.2, -0.15) is 0 Å². The van der Waals surface area contributed by atoms with Gasteiger partial charge in [-0.25, -0.2) is 8.42 Å². The molecule has 0 heterocycles. The molecule has 0 unspecified atom stereocenters. The Morgan fingerprint density at radius 2 is 1.60 bits per heavy atom. The van der Waals surface area contributed by atoms with E-state index in [9.17, 15) is 18.0 Å². The molecule has 0 aliphatic carbocycles. The second kappa shape index (κ2) is 13.8. The lowest BCUT2D eigenvalue weighted by atomic mass is 10.0. The number of carbonyl (C=O) groups is 2. The maximum absolute atomic E-state index is 14.1. The van der Waals surface area contributed by atoms with Gasteiger partial charge in [-0.05, 0) is 56.0 Å². The van der Waals surface area contributed by atoms with Crippen LogP contribution in [-0.4, -0.2) is 50.0 Å². The van der Waals surface area contributed by atoms with Crippen molar-refractivity contribution in [3.63, 3.8) is 0 Å². The van der Waals surface area contributed by atoms with Crippen molar-refractivity contribution in [3.05, 3.63) is 100 Å². The van der Waals surface area contributed by atoms with Crippen molar-refractivity contribution < 1.29 is 18.0 Å². The average Bonchev–Trinajstić information content (AvgIpc) is 2.91. The minimum absolute atomic E-state index is 0.0932. The first kappa shape index (κ1) is 31.2. The Labute approximate surface area is 243 Å². The number of amides is 2. The lowest BCUT2D eigenvalue weighted by molar-refractivity contribution is -0.140. The summed E-state index contributed by atoms with van der Waals surface area (Å²) in [6, 6.07) is 21.1. The summed E-state index contributed by atoms with van der Waals surface area (Å²) >= 11 is 6.30. The average molecular weight is 584 g/mol. The molecule has 0 fully saturated rings. The normalized spacial score (nSPS) is 12.8. The Bertz CT molecular complexity index is 1410. The first-order valence-electron chi connectivity index (χ1n) is 13.3. The fourth-order valence-corrected chi connectivity index (χ4v) is 5.25. The van der Waals surface area contributed by atoms with Crippen molar-refractivity contribution in [3.8, 4) is 0 Å². The van der Waals surface area contributed by atoms with Gasteiger partial charge in [-0.3, -0.25) is 13.9 Å². The Morgan fingerprint density at radius 1 is 0.950 bits per heavy atom. The van der Waals surface area contributed by atoms with Crippen LogP contribution in [0, 0.1) is 13.8 Å². The zero-order valence-electron chi connectivity index (χ0n) is 23.7. The molecule has 0 aliphatic heterocycles. The fraction of sp³-hybridized carbons (Fsp3) is 0.355. The monoisotopic (exact) mass is 583 g/mol. The Kier molecular flexibility index (Phi) is 10.8. The van der Waals surface area contributed by atoms with Crippen molar-refractivity contribution in [1.82, 2.24) is 10.2 Å². The summed E-state index contributed by atoms with van der Waals surface area (Å²) in [7, 11) is -3.86. The van der Waals surface area contributed by atoms with Crippen LogP contribution >= 0.6 is 11.6 Å². The molecule has 0 spiro atoms. The Balaban J connectivity index is 2.06. The third-order valence-corrected chi connectivity index (χ3v) is 8.42. The van der Waals surface area contributed by atoms with E-state index in [2.05, 4.69) is 5.32 Å². The van der Waals surface area contributed by atoms with E-state index >= 15 is 0 Å². The molecular formula is C31H38ClN3O4S. The molecule has 0 aromatic heterocycles. The van der Waals surface area contributed by atoms with E-state index in [1.54, 1.807) is 12.1 Å². The van der Waals surface area contributed by atoms with Crippen LogP contribution in [-0.2, 0) is 32.6 Å². The van der Waals surface area contributed by atoms with Crippen LogP contribution in [0.15, 0.2) is 72.8 Å². The van der Waals surface area contributed by atoms with Gasteiger partial charge in [0.2, 0.25) is 21.8 Å². The first-order chi connectivity index (χ1) is 18.9. The highest BCUT2D eigenvalue weighted by Gasteiger charge is 2.33. The van der Waals surface area contributed by atoms with Crippen LogP contribution in [0.25, 0.3) is 0 Å². The third-order valence-electron chi connectivity index (χ3n) is 6.87. The van der Waals surface area contributed by atoms with Crippen LogP contribution in [0.4, 0.5) is 5.69 Å². The largest absolute Gasteiger partial charge is 0.352 e. The zero-order valence-corrected chi connectivity index (χ0v) is 25.3. The number of sulfonamides is 1. The van der Waals surface area contributed by atoms with E-state index < -0.39 is 28.5 Å². The molecule has 1 N–H and O–H groups in total. The lowest BCUT2D eigenvalue weighted by Gasteiger charge is -2.34. The Hall–Kier alpha value is -3.36. The van der Waals surface area contributed by atoms with E-state index in [4.69, 9.17) is 11.6 Å². The van der Waals surface area contributed by atoms with Gasteiger partial charge in [0.15, 0.2) is 0 Å². The molecule has 3 aromatic carbocycles. The van der Waals surface area contributed by atoms with Gasteiger partial charge in [0.05, 0.1) is 11.9 Å². The molecule has 2 amide bonds. The molecule has 7 nitrogen and oxygen atoms in total. The molecular weight excluding hydrogens is 546 g/mol. The minimum Gasteiger partial charge on any atom is -0.352 e. The molecule has 0 saturated heterocycles. The molecule has 9 heteroatoms. The first-order valence-corrected chi connectivity index (χ1v) is 15.5. The number of nitrogens with one attached hydrogen (secondary N) is 1. The second-order valence-corrected chi connectivity index (χ2v) is 12.5. The van der Waals surface area contributed by atoms with Crippen molar-refractivity contribution in [2.24, 2.45) is 0 Å². The number of carbonyl (C=O) groups excluding carboxylic acids is 2. The number of aryl methyl sites for hydroxylation is 2. The van der Waals surface area contributed by atoms with Gasteiger partial charge in [0.25, 0.3) is 0 Å². The maximum atomic E-state index is 14.1. The lowest BCUT2D eigenvalue weighted by Crippen LogP contribution is -2.54. The van der Waals surface area contributed by atoms with Gasteiger partial charge in [0.1, 0.15) is 12.6 Å². The van der Waals surface area contributed by atoms with E-state index in [0.29, 0.717) is 5.02 Å². The molecule has 2 atom stereocenters. The van der Waals surface area contributed by atoms with E-state index in [1.807, 2.05) is 82.3 Å². The van der Waals surface area contributed by atoms with Crippen molar-refractivity contribution in [2.75, 3.05) is 17.1 Å². The van der Waals surface area contributed by atoms with Crippen molar-refractivity contribution >= 4 is 39.1 Å². The van der Waals surface area contributed by atoms with Crippen molar-refractivity contribution in [1.29, 1.82) is 0 Å². The molecule has 40 heavy (non-hydrogen) atoms. The van der Waals surface area contributed by atoms with Crippen molar-refractivity contribution in [2.45, 2.75) is 59.2 Å². The number of anilines is 1. The molecule has 3 rings (SSSR count). The minimum atomic E-state index is -3.86. The predicted octanol–water partition coefficient (Wildman–Crippen LogP) is 5.28. The summed E-state index contributed by atoms with van der Waals surface area (Å²) in [6.45, 7) is 7.33. The van der Waals surface area contributed by atoms with E-state index in [-0.39, 0.29) is 30.6 Å². The summed E-state index contributed by atoms with van der Waals surface area (Å²) in [5, 5.41) is 3.42. The summed E-state index contributed by atoms with van der Waals surface area (Å²) in [4.78, 5) is 29.3. The standard InChI is InChI=1S/C31H38ClN3O4S/c1-6-24(4)33-31(37)29(18-25-10-8-7-9-11-25)34(20-26-15-12-22(2)13-16-26)30(36)21-35(40(5,38)39)27-17-14-23(3)28(32)19-27/h7-17,19,24,29H,6,18,20-21H2,1-5H3,(H,33,37)/t24-,29+/m0/s1. The highest BCUT2D eigenvalue weighted by Crippen LogP contribution is 2.26. The van der Waals surface area contributed by atoms with Gasteiger partial charge in [0, 0.05) is 24.0 Å². The third kappa shape index (κ3) is 8.57. The second-order valence-electron chi connectivity index (χ2n) is 10.2. The highest BCUT2D eigenvalue weighted by atomic mass is 35.5. The van der Waals surface area contributed by atoms with Crippen LogP contribution in [0.2, 0.25) is 5.02 Å². The Morgan fingerprint density at radius 3 is 2.17 bits per heavy atom. The molecule has 0 bridgehead atoms. The zero-order chi connectivity index (χ0) is 29.4. The number of halogens is 1. The number of nitrogens with zero attached hydrogens (tertiary/aromatic N) is 2. The maximum Gasteiger partial charge on any atom is 0.244 e. The summed E-state index contributed by atoms with van der Waals surface area (Å²) in [5.41, 5.74) is 3.86. The number of hydrogen-bond acceptors (Lipinski definition) is 4. The smallest absolute Gasteiger partial charge is 0.244 e. The molecule has 0 aliphatic rings. The van der Waals surface area contributed by atoms with Crippen LogP contribution in [0.5, 0.6) is 0 Å². The van der Waals surface area contributed by atoms with Gasteiger partial charge in [-0.1, -0.05) is 84.8 Å². The van der Waals surface area contributed by atoms with Gasteiger partial charge in [-0.15, -0.1) is 0 Å². The number of hydrogen-bond donors (Lipinski definition) is 1. The fourth-order valence-electron chi connectivity index (χ4n) is 4.24. The SMILES string of the molecule is CC[C@H](C)NC(=O)[C@@H](Cc1ccccc1)N(Cc1ccc(C)cc1)C(=O)CN(c1ccc(C)c(Cl)c1)S(C)(=O)=O. The molecule has 0 radical (unpaired) electrons. The summed E-state index contributed by atoms with van der Waals surface area (Å²) < 4.78 is 26.8. The quantitative estimate of drug-likeness (QED) is 0.314. The topological polar surface area (TPSA) is 86.8 Å². The van der Waals surface area contributed by atoms with Gasteiger partial charge >= 0.3 is 0 Å². The summed E-state index contributed by atoms with van der Waals surface area (Å²) in [6.07, 6.45) is 2.05.